The van der Waals surface area contributed by atoms with E-state index in [1.807, 2.05) is 6.92 Å². The summed E-state index contributed by atoms with van der Waals surface area (Å²) < 4.78 is 13.1. The topological polar surface area (TPSA) is 32.3 Å². The number of likely N-dealkylation sites (tertiary alicyclic amines) is 1. The zero-order chi connectivity index (χ0) is 16.2. The van der Waals surface area contributed by atoms with Crippen LogP contribution in [0.15, 0.2) is 18.2 Å². The third-order valence-corrected chi connectivity index (χ3v) is 5.40. The zero-order valence-corrected chi connectivity index (χ0v) is 14.0. The molecule has 1 heterocycles. The summed E-state index contributed by atoms with van der Waals surface area (Å²) in [4.78, 5) is 14.7. The van der Waals surface area contributed by atoms with E-state index in [1.54, 1.807) is 6.07 Å². The molecule has 1 aliphatic carbocycles. The first-order valence-corrected chi connectivity index (χ1v) is 8.87. The number of nitrogens with zero attached hydrogens (tertiary/aromatic N) is 1. The predicted octanol–water partition coefficient (Wildman–Crippen LogP) is 3.06. The predicted molar refractivity (Wildman–Crippen MR) is 89.8 cm³/mol. The molecule has 1 aromatic carbocycles. The van der Waals surface area contributed by atoms with Gasteiger partial charge in [-0.3, -0.25) is 4.79 Å². The Morgan fingerprint density at radius 2 is 2.09 bits per heavy atom. The van der Waals surface area contributed by atoms with E-state index >= 15 is 0 Å². The lowest BCUT2D eigenvalue weighted by atomic mass is 10.0. The summed E-state index contributed by atoms with van der Waals surface area (Å²) in [6.45, 7) is 4.92. The van der Waals surface area contributed by atoms with Crippen LogP contribution in [-0.2, 0) is 11.2 Å². The number of halogens is 1. The van der Waals surface area contributed by atoms with Crippen molar-refractivity contribution in [3.05, 3.63) is 35.1 Å². The second kappa shape index (κ2) is 7.43. The Bertz CT molecular complexity index is 554. The molecule has 4 heteroatoms. The average molecular weight is 318 g/mol. The lowest BCUT2D eigenvalue weighted by Crippen LogP contribution is -2.34. The number of amides is 1. The van der Waals surface area contributed by atoms with Crippen molar-refractivity contribution in [2.45, 2.75) is 51.5 Å². The first-order valence-electron chi connectivity index (χ1n) is 8.87. The zero-order valence-electron chi connectivity index (χ0n) is 14.0. The highest BCUT2D eigenvalue weighted by Gasteiger charge is 2.29. The van der Waals surface area contributed by atoms with Gasteiger partial charge in [-0.2, -0.15) is 0 Å². The van der Waals surface area contributed by atoms with Gasteiger partial charge in [0.1, 0.15) is 5.82 Å². The maximum Gasteiger partial charge on any atom is 0.224 e. The summed E-state index contributed by atoms with van der Waals surface area (Å²) in [5, 5.41) is 3.07. The van der Waals surface area contributed by atoms with Crippen molar-refractivity contribution in [1.29, 1.82) is 0 Å². The fourth-order valence-electron chi connectivity index (χ4n) is 3.98. The second-order valence-corrected chi connectivity index (χ2v) is 7.14. The molecule has 1 aromatic rings. The Hall–Kier alpha value is -1.42. The van der Waals surface area contributed by atoms with Gasteiger partial charge in [-0.25, -0.2) is 4.39 Å². The summed E-state index contributed by atoms with van der Waals surface area (Å²) in [6.07, 6.45) is 6.97. The van der Waals surface area contributed by atoms with Crippen LogP contribution in [0.25, 0.3) is 0 Å². The van der Waals surface area contributed by atoms with Gasteiger partial charge in [0, 0.05) is 19.1 Å². The minimum absolute atomic E-state index is 0.0408. The summed E-state index contributed by atoms with van der Waals surface area (Å²) in [6, 6.07) is 5.41. The molecule has 0 radical (unpaired) electrons. The molecule has 3 nitrogen and oxygen atoms in total. The maximum absolute atomic E-state index is 13.1. The molecule has 2 aliphatic rings. The lowest BCUT2D eigenvalue weighted by molar-refractivity contribution is -0.120. The van der Waals surface area contributed by atoms with Crippen LogP contribution in [0, 0.1) is 18.7 Å². The van der Waals surface area contributed by atoms with E-state index in [-0.39, 0.29) is 11.7 Å². The van der Waals surface area contributed by atoms with Crippen LogP contribution in [-0.4, -0.2) is 36.5 Å². The van der Waals surface area contributed by atoms with Crippen molar-refractivity contribution in [3.8, 4) is 0 Å². The van der Waals surface area contributed by atoms with Gasteiger partial charge in [-0.15, -0.1) is 0 Å². The number of hydrogen-bond donors (Lipinski definition) is 1. The minimum atomic E-state index is -0.246. The van der Waals surface area contributed by atoms with Gasteiger partial charge in [-0.05, 0) is 61.9 Å². The molecule has 1 saturated carbocycles. The second-order valence-electron chi connectivity index (χ2n) is 7.14. The standard InChI is InChI=1S/C19H27FN2O/c1-14-10-17(20)7-6-16(14)11-19(23)21-12-15-8-9-22(13-15)18-4-2-3-5-18/h6-7,10,15,18H,2-5,8-9,11-13H2,1H3,(H,21,23)/t15-/m0/s1. The normalized spacial score (nSPS) is 22.6. The molecular weight excluding hydrogens is 291 g/mol. The largest absolute Gasteiger partial charge is 0.355 e. The highest BCUT2D eigenvalue weighted by Crippen LogP contribution is 2.28. The summed E-state index contributed by atoms with van der Waals surface area (Å²) in [5.74, 6) is 0.373. The quantitative estimate of drug-likeness (QED) is 0.905. The number of benzene rings is 1. The number of carbonyl (C=O) groups is 1. The SMILES string of the molecule is Cc1cc(F)ccc1CC(=O)NC[C@@H]1CCN(C2CCCC2)C1. The molecule has 1 N–H and O–H groups in total. The van der Waals surface area contributed by atoms with Gasteiger partial charge in [0.25, 0.3) is 0 Å². The molecule has 0 aromatic heterocycles. The molecule has 0 bridgehead atoms. The Morgan fingerprint density at radius 1 is 1.30 bits per heavy atom. The Kier molecular flexibility index (Phi) is 5.31. The first kappa shape index (κ1) is 16.4. The van der Waals surface area contributed by atoms with Crippen LogP contribution in [0.1, 0.15) is 43.2 Å². The summed E-state index contributed by atoms with van der Waals surface area (Å²) in [5.41, 5.74) is 1.75. The summed E-state index contributed by atoms with van der Waals surface area (Å²) in [7, 11) is 0. The van der Waals surface area contributed by atoms with Crippen molar-refractivity contribution in [2.75, 3.05) is 19.6 Å². The maximum atomic E-state index is 13.1. The molecule has 1 atom stereocenters. The van der Waals surface area contributed by atoms with Gasteiger partial charge in [0.2, 0.25) is 5.91 Å². The van der Waals surface area contributed by atoms with Crippen LogP contribution in [0.2, 0.25) is 0 Å². The minimum Gasteiger partial charge on any atom is -0.355 e. The molecule has 1 saturated heterocycles. The van der Waals surface area contributed by atoms with Gasteiger partial charge in [0.15, 0.2) is 0 Å². The number of nitrogens with one attached hydrogen (secondary N) is 1. The number of rotatable bonds is 5. The molecule has 126 valence electrons. The van der Waals surface area contributed by atoms with E-state index in [9.17, 15) is 9.18 Å². The van der Waals surface area contributed by atoms with E-state index in [1.165, 1.54) is 50.8 Å². The molecule has 3 rings (SSSR count). The summed E-state index contributed by atoms with van der Waals surface area (Å²) >= 11 is 0. The third-order valence-electron chi connectivity index (χ3n) is 5.40. The molecule has 1 amide bonds. The third kappa shape index (κ3) is 4.31. The van der Waals surface area contributed by atoms with Gasteiger partial charge >= 0.3 is 0 Å². The fraction of sp³-hybridized carbons (Fsp3) is 0.632. The Balaban J connectivity index is 1.42. The van der Waals surface area contributed by atoms with Crippen molar-refractivity contribution < 1.29 is 9.18 Å². The molecule has 1 aliphatic heterocycles. The van der Waals surface area contributed by atoms with E-state index in [0.717, 1.165) is 30.3 Å². The monoisotopic (exact) mass is 318 g/mol. The van der Waals surface area contributed by atoms with Crippen molar-refractivity contribution in [3.63, 3.8) is 0 Å². The fourth-order valence-corrected chi connectivity index (χ4v) is 3.98. The molecule has 0 unspecified atom stereocenters. The van der Waals surface area contributed by atoms with E-state index in [0.29, 0.717) is 12.3 Å². The van der Waals surface area contributed by atoms with Crippen LogP contribution >= 0.6 is 0 Å². The van der Waals surface area contributed by atoms with Gasteiger partial charge in [-0.1, -0.05) is 18.9 Å². The first-order chi connectivity index (χ1) is 11.1. The van der Waals surface area contributed by atoms with E-state index in [2.05, 4.69) is 10.2 Å². The van der Waals surface area contributed by atoms with E-state index < -0.39 is 0 Å². The van der Waals surface area contributed by atoms with Crippen LogP contribution in [0.4, 0.5) is 4.39 Å². The number of carbonyl (C=O) groups excluding carboxylic acids is 1. The molecule has 23 heavy (non-hydrogen) atoms. The highest BCUT2D eigenvalue weighted by atomic mass is 19.1. The van der Waals surface area contributed by atoms with E-state index in [4.69, 9.17) is 0 Å². The highest BCUT2D eigenvalue weighted by molar-refractivity contribution is 5.78. The molecule has 2 fully saturated rings. The number of hydrogen-bond acceptors (Lipinski definition) is 2. The van der Waals surface area contributed by atoms with Gasteiger partial charge < -0.3 is 10.2 Å². The lowest BCUT2D eigenvalue weighted by Gasteiger charge is -2.23. The molecular formula is C19H27FN2O. The van der Waals surface area contributed by atoms with Crippen molar-refractivity contribution >= 4 is 5.91 Å². The average Bonchev–Trinajstić information content (AvgIpc) is 3.18. The van der Waals surface area contributed by atoms with Gasteiger partial charge in [0.05, 0.1) is 6.42 Å². The Morgan fingerprint density at radius 3 is 2.83 bits per heavy atom. The van der Waals surface area contributed by atoms with Crippen LogP contribution in [0.3, 0.4) is 0 Å². The Labute approximate surface area is 138 Å². The number of aryl methyl sites for hydroxylation is 1. The molecule has 0 spiro atoms. The van der Waals surface area contributed by atoms with Crippen LogP contribution < -0.4 is 5.32 Å². The van der Waals surface area contributed by atoms with Crippen LogP contribution in [0.5, 0.6) is 0 Å². The van der Waals surface area contributed by atoms with Crippen molar-refractivity contribution in [2.24, 2.45) is 5.92 Å². The smallest absolute Gasteiger partial charge is 0.224 e. The van der Waals surface area contributed by atoms with Crippen molar-refractivity contribution in [1.82, 2.24) is 10.2 Å².